The first-order chi connectivity index (χ1) is 26.5. The number of hydrogen-bond acceptors (Lipinski definition) is 8. The average Bonchev–Trinajstić information content (AvgIpc) is 3.68. The molecule has 2 aliphatic rings. The number of hydrogen-bond donors (Lipinski definition) is 1. The van der Waals surface area contributed by atoms with E-state index in [1.807, 2.05) is 0 Å². The van der Waals surface area contributed by atoms with E-state index < -0.39 is 24.5 Å². The first-order valence-corrected chi connectivity index (χ1v) is 22.8. The van der Waals surface area contributed by atoms with Gasteiger partial charge in [0.25, 0.3) is 0 Å². The van der Waals surface area contributed by atoms with Crippen LogP contribution in [-0.4, -0.2) is 46.4 Å². The fourth-order valence-corrected chi connectivity index (χ4v) is 7.89. The van der Waals surface area contributed by atoms with Crippen LogP contribution in [0.1, 0.15) is 226 Å². The van der Waals surface area contributed by atoms with Gasteiger partial charge >= 0.3 is 17.9 Å². The van der Waals surface area contributed by atoms with Crippen LogP contribution in [0.5, 0.6) is 6.01 Å². The fourth-order valence-electron chi connectivity index (χ4n) is 7.89. The van der Waals surface area contributed by atoms with E-state index in [4.69, 9.17) is 24.4 Å². The van der Waals surface area contributed by atoms with Crippen molar-refractivity contribution in [3.63, 3.8) is 0 Å². The van der Waals surface area contributed by atoms with E-state index in [1.165, 1.54) is 154 Å². The highest BCUT2D eigenvalue weighted by molar-refractivity contribution is 5.70. The van der Waals surface area contributed by atoms with Crippen LogP contribution < -0.4 is 10.2 Å². The summed E-state index contributed by atoms with van der Waals surface area (Å²) in [6.07, 6.45) is 38.2. The zero-order valence-electron chi connectivity index (χ0n) is 34.6. The second kappa shape index (κ2) is 29.8. The number of fused-ring (bicyclic) bond motifs is 3. The van der Waals surface area contributed by atoms with Crippen LogP contribution in [0.4, 0.5) is 0 Å². The van der Waals surface area contributed by atoms with E-state index in [0.29, 0.717) is 12.8 Å². The summed E-state index contributed by atoms with van der Waals surface area (Å²) in [5.74, 6) is -0.533. The van der Waals surface area contributed by atoms with Gasteiger partial charge in [0, 0.05) is 19.0 Å². The highest BCUT2D eigenvalue weighted by atomic mass is 16.7. The predicted octanol–water partition coefficient (Wildman–Crippen LogP) is 12.0. The van der Waals surface area contributed by atoms with E-state index in [2.05, 4.69) is 18.8 Å². The Balaban J connectivity index is 1.25. The standard InChI is InChI=1S/C45H79N3O6/c1-3-5-7-9-11-13-15-17-19-21-23-25-27-29-31-33-40(49)51-37-38-42(43-44(52-38)48-36-35-39(46)47-45(48)54-43)53-41(50)34-32-30-28-26-24-22-20-18-16-14-12-10-8-6-4-2/h35-36,38,42-44,46H,3-34,37H2,1-2H3/t38-,42-,43+,44-/m1/s1. The lowest BCUT2D eigenvalue weighted by atomic mass is 10.0. The molecule has 0 amide bonds. The van der Waals surface area contributed by atoms with Gasteiger partial charge in [-0.1, -0.05) is 194 Å². The van der Waals surface area contributed by atoms with Gasteiger partial charge < -0.3 is 18.9 Å². The van der Waals surface area contributed by atoms with Gasteiger partial charge in [0.1, 0.15) is 12.7 Å². The van der Waals surface area contributed by atoms with Gasteiger partial charge in [-0.25, -0.2) is 0 Å². The number of rotatable bonds is 35. The number of esters is 2. The van der Waals surface area contributed by atoms with E-state index in [9.17, 15) is 9.59 Å². The van der Waals surface area contributed by atoms with E-state index in [1.54, 1.807) is 16.8 Å². The molecule has 1 fully saturated rings. The van der Waals surface area contributed by atoms with Crippen LogP contribution in [0.15, 0.2) is 12.3 Å². The smallest absolute Gasteiger partial charge is 0.306 e. The fraction of sp³-hybridized carbons (Fsp3) is 0.867. The molecule has 310 valence electrons. The highest BCUT2D eigenvalue weighted by Gasteiger charge is 2.54. The third-order valence-corrected chi connectivity index (χ3v) is 11.3. The zero-order chi connectivity index (χ0) is 38.5. The molecule has 1 aromatic rings. The molecule has 0 aromatic carbocycles. The van der Waals surface area contributed by atoms with E-state index in [0.717, 1.165) is 38.5 Å². The van der Waals surface area contributed by atoms with Crippen LogP contribution in [0, 0.1) is 5.41 Å². The van der Waals surface area contributed by atoms with Gasteiger partial charge in [0.2, 0.25) is 0 Å². The molecule has 0 spiro atoms. The Morgan fingerprint density at radius 3 is 1.48 bits per heavy atom. The summed E-state index contributed by atoms with van der Waals surface area (Å²) in [7, 11) is 0. The van der Waals surface area contributed by atoms with Crippen molar-refractivity contribution in [2.45, 2.75) is 244 Å². The van der Waals surface area contributed by atoms with E-state index in [-0.39, 0.29) is 30.0 Å². The topological polar surface area (TPSA) is 113 Å². The number of ether oxygens (including phenoxy) is 4. The molecule has 1 aromatic heterocycles. The van der Waals surface area contributed by atoms with Crippen LogP contribution >= 0.6 is 0 Å². The summed E-state index contributed by atoms with van der Waals surface area (Å²) in [6, 6.07) is 1.84. The lowest BCUT2D eigenvalue weighted by Crippen LogP contribution is -2.40. The number of carbonyl (C=O) groups excluding carboxylic acids is 2. The van der Waals surface area contributed by atoms with Crippen LogP contribution in [0.3, 0.4) is 0 Å². The van der Waals surface area contributed by atoms with Crippen molar-refractivity contribution in [1.29, 1.82) is 5.41 Å². The van der Waals surface area contributed by atoms with Gasteiger partial charge in [-0.3, -0.25) is 19.6 Å². The molecular formula is C45H79N3O6. The Hall–Kier alpha value is -2.42. The molecule has 0 bridgehead atoms. The predicted molar refractivity (Wildman–Crippen MR) is 216 cm³/mol. The van der Waals surface area contributed by atoms with E-state index >= 15 is 0 Å². The maximum absolute atomic E-state index is 13.0. The normalized spacial score (nSPS) is 18.7. The Labute approximate surface area is 328 Å². The Morgan fingerprint density at radius 2 is 1.04 bits per heavy atom. The molecule has 1 N–H and O–H groups in total. The zero-order valence-corrected chi connectivity index (χ0v) is 34.6. The van der Waals surface area contributed by atoms with Crippen LogP contribution in [0.2, 0.25) is 0 Å². The van der Waals surface area contributed by atoms with Crippen LogP contribution in [0.25, 0.3) is 0 Å². The number of aromatic nitrogens is 2. The van der Waals surface area contributed by atoms with Gasteiger partial charge in [-0.2, -0.15) is 4.98 Å². The minimum atomic E-state index is -0.728. The lowest BCUT2D eigenvalue weighted by Gasteiger charge is -2.22. The largest absolute Gasteiger partial charge is 0.463 e. The number of nitrogens with one attached hydrogen (secondary N) is 1. The molecule has 0 unspecified atom stereocenters. The highest BCUT2D eigenvalue weighted by Crippen LogP contribution is 2.40. The quantitative estimate of drug-likeness (QED) is 0.0542. The van der Waals surface area contributed by atoms with Crippen molar-refractivity contribution < 1.29 is 28.5 Å². The molecule has 0 radical (unpaired) electrons. The lowest BCUT2D eigenvalue weighted by molar-refractivity contribution is -0.160. The van der Waals surface area contributed by atoms with Crippen LogP contribution in [-0.2, 0) is 23.8 Å². The molecule has 9 heteroatoms. The molecule has 3 rings (SSSR count). The molecule has 3 heterocycles. The minimum Gasteiger partial charge on any atom is -0.463 e. The minimum absolute atomic E-state index is 0.00465. The number of nitrogens with zero attached hydrogens (tertiary/aromatic N) is 2. The Kier molecular flexibility index (Phi) is 25.4. The third-order valence-electron chi connectivity index (χ3n) is 11.3. The summed E-state index contributed by atoms with van der Waals surface area (Å²) < 4.78 is 25.6. The monoisotopic (exact) mass is 758 g/mol. The van der Waals surface area contributed by atoms with Gasteiger partial charge in [0.05, 0.1) is 0 Å². The van der Waals surface area contributed by atoms with Gasteiger partial charge in [0.15, 0.2) is 23.9 Å². The molecule has 0 saturated carbocycles. The second-order valence-corrected chi connectivity index (χ2v) is 16.2. The SMILES string of the molecule is CCCCCCCCCCCCCCCCCC(=O)OC[C@H]1O[C@@H]2[C@@H](Oc3nc(=N)ccn32)[C@@H]1OC(=O)CCCCCCCCCCCCCCCCC. The number of unbranched alkanes of at least 4 members (excludes halogenated alkanes) is 28. The summed E-state index contributed by atoms with van der Waals surface area (Å²) >= 11 is 0. The average molecular weight is 758 g/mol. The second-order valence-electron chi connectivity index (χ2n) is 16.2. The van der Waals surface area contributed by atoms with Crippen molar-refractivity contribution in [3.8, 4) is 6.01 Å². The van der Waals surface area contributed by atoms with Gasteiger partial charge in [-0.15, -0.1) is 0 Å². The first kappa shape index (κ1) is 46.0. The molecule has 54 heavy (non-hydrogen) atoms. The van der Waals surface area contributed by atoms with Crippen molar-refractivity contribution in [2.75, 3.05) is 6.61 Å². The summed E-state index contributed by atoms with van der Waals surface area (Å²) in [5.41, 5.74) is 0.0900. The Bertz CT molecular complexity index is 1170. The molecule has 9 nitrogen and oxygen atoms in total. The maximum Gasteiger partial charge on any atom is 0.306 e. The molecule has 4 atom stereocenters. The molecular weight excluding hydrogens is 679 g/mol. The van der Waals surface area contributed by atoms with Crippen molar-refractivity contribution >= 4 is 11.9 Å². The summed E-state index contributed by atoms with van der Waals surface area (Å²) in [6.45, 7) is 4.55. The molecule has 2 aliphatic heterocycles. The van der Waals surface area contributed by atoms with Crippen molar-refractivity contribution in [2.24, 2.45) is 0 Å². The van der Waals surface area contributed by atoms with Crippen molar-refractivity contribution in [1.82, 2.24) is 9.55 Å². The van der Waals surface area contributed by atoms with Gasteiger partial charge in [-0.05, 0) is 18.9 Å². The number of carbonyl (C=O) groups is 2. The Morgan fingerprint density at radius 1 is 0.630 bits per heavy atom. The molecule has 0 aliphatic carbocycles. The third kappa shape index (κ3) is 19.4. The summed E-state index contributed by atoms with van der Waals surface area (Å²) in [4.78, 5) is 29.8. The summed E-state index contributed by atoms with van der Waals surface area (Å²) in [5, 5.41) is 7.86. The first-order valence-electron chi connectivity index (χ1n) is 22.8. The molecule has 1 saturated heterocycles. The maximum atomic E-state index is 13.0. The van der Waals surface area contributed by atoms with Crippen molar-refractivity contribution in [3.05, 3.63) is 17.8 Å².